The minimum Gasteiger partial charge on any atom is -0.496 e. The molecular formula is C21H19N3O3S. The van der Waals surface area contributed by atoms with Gasteiger partial charge >= 0.3 is 0 Å². The smallest absolute Gasteiger partial charge is 0.261 e. The van der Waals surface area contributed by atoms with E-state index in [1.807, 2.05) is 42.5 Å². The van der Waals surface area contributed by atoms with Crippen molar-refractivity contribution in [2.24, 2.45) is 0 Å². The van der Waals surface area contributed by atoms with Crippen LogP contribution in [0, 0.1) is 0 Å². The predicted molar refractivity (Wildman–Crippen MR) is 112 cm³/mol. The summed E-state index contributed by atoms with van der Waals surface area (Å²) in [5.41, 5.74) is 6.30. The second kappa shape index (κ2) is 8.96. The van der Waals surface area contributed by atoms with E-state index in [2.05, 4.69) is 16.2 Å². The lowest BCUT2D eigenvalue weighted by atomic mass is 10.0. The van der Waals surface area contributed by atoms with Gasteiger partial charge in [-0.1, -0.05) is 54.6 Å². The number of rotatable bonds is 4. The molecule has 2 amide bonds. The average molecular weight is 393 g/mol. The summed E-state index contributed by atoms with van der Waals surface area (Å²) in [6, 6.07) is 20.5. The standard InChI is InChI=1S/C21H19N3O3S/c1-27-18-12-5-4-11-17(18)20(26)22-21(28)24-23-19(25)13-15-9-6-8-14-7-2-3-10-16(14)15/h2-12H,13H2,1H3,(H,23,25)(H2,22,24,26,28). The maximum atomic E-state index is 12.3. The summed E-state index contributed by atoms with van der Waals surface area (Å²) in [6.45, 7) is 0. The third-order valence-electron chi connectivity index (χ3n) is 4.13. The zero-order valence-corrected chi connectivity index (χ0v) is 16.0. The van der Waals surface area contributed by atoms with E-state index >= 15 is 0 Å². The number of ether oxygens (including phenoxy) is 1. The molecule has 0 heterocycles. The van der Waals surface area contributed by atoms with Crippen LogP contribution in [0.5, 0.6) is 5.75 Å². The van der Waals surface area contributed by atoms with Gasteiger partial charge in [0.25, 0.3) is 5.91 Å². The summed E-state index contributed by atoms with van der Waals surface area (Å²) in [7, 11) is 1.48. The molecule has 6 nitrogen and oxygen atoms in total. The van der Waals surface area contributed by atoms with Crippen LogP contribution in [0.4, 0.5) is 0 Å². The predicted octanol–water partition coefficient (Wildman–Crippen LogP) is 2.73. The number of amides is 2. The van der Waals surface area contributed by atoms with Crippen LogP contribution < -0.4 is 20.9 Å². The lowest BCUT2D eigenvalue weighted by molar-refractivity contribution is -0.121. The molecular weight excluding hydrogens is 374 g/mol. The summed E-state index contributed by atoms with van der Waals surface area (Å²) in [4.78, 5) is 24.5. The summed E-state index contributed by atoms with van der Waals surface area (Å²) >= 11 is 5.07. The Kier molecular flexibility index (Phi) is 6.18. The number of methoxy groups -OCH3 is 1. The number of thiocarbonyl (C=S) groups is 1. The largest absolute Gasteiger partial charge is 0.496 e. The van der Waals surface area contributed by atoms with Gasteiger partial charge in [-0.3, -0.25) is 25.8 Å². The molecule has 3 aromatic rings. The number of carbonyl (C=O) groups excluding carboxylic acids is 2. The molecule has 0 saturated heterocycles. The number of hydrazine groups is 1. The van der Waals surface area contributed by atoms with Gasteiger partial charge in [0.2, 0.25) is 5.91 Å². The molecule has 0 aliphatic heterocycles. The van der Waals surface area contributed by atoms with Gasteiger partial charge in [-0.15, -0.1) is 0 Å². The molecule has 0 atom stereocenters. The molecule has 28 heavy (non-hydrogen) atoms. The van der Waals surface area contributed by atoms with Gasteiger partial charge in [-0.2, -0.15) is 0 Å². The first-order valence-corrected chi connectivity index (χ1v) is 8.99. The van der Waals surface area contributed by atoms with Crippen molar-refractivity contribution in [2.75, 3.05) is 7.11 Å². The van der Waals surface area contributed by atoms with Crippen LogP contribution in [0.1, 0.15) is 15.9 Å². The fourth-order valence-electron chi connectivity index (χ4n) is 2.82. The van der Waals surface area contributed by atoms with Crippen molar-refractivity contribution < 1.29 is 14.3 Å². The van der Waals surface area contributed by atoms with E-state index < -0.39 is 5.91 Å². The van der Waals surface area contributed by atoms with Gasteiger partial charge in [0.05, 0.1) is 19.1 Å². The Morgan fingerprint density at radius 3 is 2.46 bits per heavy atom. The molecule has 0 aliphatic carbocycles. The second-order valence-corrected chi connectivity index (χ2v) is 6.38. The highest BCUT2D eigenvalue weighted by Crippen LogP contribution is 2.19. The molecule has 3 rings (SSSR count). The first-order chi connectivity index (χ1) is 13.6. The van der Waals surface area contributed by atoms with Crippen LogP contribution in [-0.2, 0) is 11.2 Å². The SMILES string of the molecule is COc1ccccc1C(=O)NC(=S)NNC(=O)Cc1cccc2ccccc12. The van der Waals surface area contributed by atoms with Gasteiger partial charge in [0.15, 0.2) is 5.11 Å². The molecule has 3 N–H and O–H groups in total. The number of nitrogens with one attached hydrogen (secondary N) is 3. The molecule has 0 saturated carbocycles. The molecule has 3 aromatic carbocycles. The van der Waals surface area contributed by atoms with E-state index in [1.165, 1.54) is 7.11 Å². The highest BCUT2D eigenvalue weighted by Gasteiger charge is 2.13. The fourth-order valence-corrected chi connectivity index (χ4v) is 2.97. The van der Waals surface area contributed by atoms with E-state index in [0.29, 0.717) is 11.3 Å². The van der Waals surface area contributed by atoms with Crippen LogP contribution in [0.2, 0.25) is 0 Å². The minimum atomic E-state index is -0.432. The molecule has 0 aromatic heterocycles. The van der Waals surface area contributed by atoms with Crippen LogP contribution in [0.15, 0.2) is 66.7 Å². The zero-order valence-electron chi connectivity index (χ0n) is 15.2. The first kappa shape index (κ1) is 19.3. The topological polar surface area (TPSA) is 79.5 Å². The van der Waals surface area contributed by atoms with E-state index in [9.17, 15) is 9.59 Å². The zero-order chi connectivity index (χ0) is 19.9. The molecule has 0 radical (unpaired) electrons. The van der Waals surface area contributed by atoms with Crippen LogP contribution in [0.3, 0.4) is 0 Å². The van der Waals surface area contributed by atoms with Gasteiger partial charge in [-0.25, -0.2) is 0 Å². The molecule has 0 unspecified atom stereocenters. The molecule has 0 fully saturated rings. The van der Waals surface area contributed by atoms with E-state index in [4.69, 9.17) is 17.0 Å². The number of fused-ring (bicyclic) bond motifs is 1. The molecule has 0 spiro atoms. The second-order valence-electron chi connectivity index (χ2n) is 5.97. The lowest BCUT2D eigenvalue weighted by Gasteiger charge is -2.12. The summed E-state index contributed by atoms with van der Waals surface area (Å²) in [5, 5.41) is 4.58. The van der Waals surface area contributed by atoms with E-state index in [1.54, 1.807) is 24.3 Å². The highest BCUT2D eigenvalue weighted by molar-refractivity contribution is 7.80. The third kappa shape index (κ3) is 4.63. The Balaban J connectivity index is 1.55. The third-order valence-corrected chi connectivity index (χ3v) is 4.33. The fraction of sp³-hybridized carbons (Fsp3) is 0.0952. The summed E-state index contributed by atoms with van der Waals surface area (Å²) in [6.07, 6.45) is 0.178. The van der Waals surface area contributed by atoms with Crippen molar-refractivity contribution in [1.29, 1.82) is 0 Å². The van der Waals surface area contributed by atoms with Crippen molar-refractivity contribution in [2.45, 2.75) is 6.42 Å². The minimum absolute atomic E-state index is 0.0119. The Hall–Kier alpha value is -3.45. The molecule has 142 valence electrons. The Labute approximate surface area is 167 Å². The molecule has 0 bridgehead atoms. The molecule has 0 aliphatic rings. The van der Waals surface area contributed by atoms with Gasteiger partial charge < -0.3 is 4.74 Å². The summed E-state index contributed by atoms with van der Waals surface area (Å²) in [5.74, 6) is -0.272. The number of hydrogen-bond acceptors (Lipinski definition) is 4. The maximum Gasteiger partial charge on any atom is 0.261 e. The number of carbonyl (C=O) groups is 2. The Morgan fingerprint density at radius 2 is 1.64 bits per heavy atom. The Bertz CT molecular complexity index is 1030. The normalized spacial score (nSPS) is 10.2. The van der Waals surface area contributed by atoms with Crippen LogP contribution in [0.25, 0.3) is 10.8 Å². The average Bonchev–Trinajstić information content (AvgIpc) is 2.72. The highest BCUT2D eigenvalue weighted by atomic mass is 32.1. The van der Waals surface area contributed by atoms with E-state index in [0.717, 1.165) is 16.3 Å². The quantitative estimate of drug-likeness (QED) is 0.469. The van der Waals surface area contributed by atoms with Crippen molar-refractivity contribution in [3.05, 3.63) is 77.9 Å². The lowest BCUT2D eigenvalue weighted by Crippen LogP contribution is -2.48. The Morgan fingerprint density at radius 1 is 0.929 bits per heavy atom. The van der Waals surface area contributed by atoms with Crippen molar-refractivity contribution >= 4 is 39.9 Å². The van der Waals surface area contributed by atoms with Crippen molar-refractivity contribution in [1.82, 2.24) is 16.2 Å². The maximum absolute atomic E-state index is 12.3. The number of hydrogen-bond donors (Lipinski definition) is 3. The van der Waals surface area contributed by atoms with Crippen LogP contribution in [-0.4, -0.2) is 24.0 Å². The first-order valence-electron chi connectivity index (χ1n) is 8.58. The van der Waals surface area contributed by atoms with Crippen LogP contribution >= 0.6 is 12.2 Å². The number of benzene rings is 3. The van der Waals surface area contributed by atoms with Gasteiger partial charge in [0, 0.05) is 0 Å². The van der Waals surface area contributed by atoms with E-state index in [-0.39, 0.29) is 17.4 Å². The van der Waals surface area contributed by atoms with Gasteiger partial charge in [-0.05, 0) is 40.7 Å². The molecule has 7 heteroatoms. The van der Waals surface area contributed by atoms with Crippen molar-refractivity contribution in [3.8, 4) is 5.75 Å². The number of para-hydroxylation sites is 1. The summed E-state index contributed by atoms with van der Waals surface area (Å²) < 4.78 is 5.15. The van der Waals surface area contributed by atoms with Crippen molar-refractivity contribution in [3.63, 3.8) is 0 Å². The van der Waals surface area contributed by atoms with Gasteiger partial charge in [0.1, 0.15) is 5.75 Å². The monoisotopic (exact) mass is 393 g/mol.